The lowest BCUT2D eigenvalue weighted by Crippen LogP contribution is -1.78. The average Bonchev–Trinajstić information content (AvgIpc) is 2.72. The molecule has 0 aliphatic heterocycles. The molecule has 0 radical (unpaired) electrons. The van der Waals surface area contributed by atoms with Gasteiger partial charge in [-0.1, -0.05) is 12.1 Å². The molecule has 3 rings (SSSR count). The Morgan fingerprint density at radius 1 is 1.20 bits per heavy atom. The molecule has 0 aliphatic carbocycles. The first-order valence-corrected chi connectivity index (χ1v) is 4.69. The number of pyridine rings is 1. The van der Waals surface area contributed by atoms with Gasteiger partial charge in [0.05, 0.1) is 11.2 Å². The van der Waals surface area contributed by atoms with Gasteiger partial charge in [-0.3, -0.25) is 9.78 Å². The van der Waals surface area contributed by atoms with Crippen LogP contribution in [0.2, 0.25) is 0 Å². The van der Waals surface area contributed by atoms with E-state index in [0.29, 0.717) is 5.69 Å². The van der Waals surface area contributed by atoms with Crippen LogP contribution in [0.1, 0.15) is 10.5 Å². The second-order valence-corrected chi connectivity index (χ2v) is 3.47. The third-order valence-corrected chi connectivity index (χ3v) is 2.56. The van der Waals surface area contributed by atoms with Crippen LogP contribution in [0.4, 0.5) is 0 Å². The number of rotatable bonds is 1. The Bertz CT molecular complexity index is 655. The lowest BCUT2D eigenvalue weighted by atomic mass is 10.1. The van der Waals surface area contributed by atoms with Crippen molar-refractivity contribution in [1.82, 2.24) is 9.97 Å². The molecule has 0 saturated heterocycles. The molecule has 1 N–H and O–H groups in total. The van der Waals surface area contributed by atoms with Gasteiger partial charge in [0.25, 0.3) is 0 Å². The van der Waals surface area contributed by atoms with E-state index in [1.165, 1.54) is 0 Å². The van der Waals surface area contributed by atoms with Gasteiger partial charge in [-0.05, 0) is 12.1 Å². The van der Waals surface area contributed by atoms with E-state index in [1.807, 2.05) is 30.5 Å². The number of fused-ring (bicyclic) bond motifs is 3. The third-order valence-electron chi connectivity index (χ3n) is 2.56. The van der Waals surface area contributed by atoms with E-state index in [4.69, 9.17) is 0 Å². The standard InChI is InChI=1S/C12H8N2O/c15-7-10-5-8-1-2-9-6-13-4-3-11(9)12(8)14-10/h1-7,14H. The fraction of sp³-hybridized carbons (Fsp3) is 0. The molecule has 2 heterocycles. The van der Waals surface area contributed by atoms with E-state index in [9.17, 15) is 4.79 Å². The number of aromatic nitrogens is 2. The summed E-state index contributed by atoms with van der Waals surface area (Å²) in [5.74, 6) is 0. The molecule has 0 amide bonds. The molecular weight excluding hydrogens is 188 g/mol. The summed E-state index contributed by atoms with van der Waals surface area (Å²) in [5.41, 5.74) is 1.60. The van der Waals surface area contributed by atoms with E-state index in [-0.39, 0.29) is 0 Å². The Morgan fingerprint density at radius 3 is 2.93 bits per heavy atom. The predicted molar refractivity (Wildman–Crippen MR) is 59.0 cm³/mol. The number of aromatic amines is 1. The van der Waals surface area contributed by atoms with Crippen molar-refractivity contribution >= 4 is 28.0 Å². The fourth-order valence-corrected chi connectivity index (χ4v) is 1.86. The fourth-order valence-electron chi connectivity index (χ4n) is 1.86. The largest absolute Gasteiger partial charge is 0.352 e. The number of hydrogen-bond donors (Lipinski definition) is 1. The van der Waals surface area contributed by atoms with Gasteiger partial charge in [0.15, 0.2) is 6.29 Å². The highest BCUT2D eigenvalue weighted by molar-refractivity contribution is 6.06. The highest BCUT2D eigenvalue weighted by Crippen LogP contribution is 2.24. The highest BCUT2D eigenvalue weighted by Gasteiger charge is 2.03. The Morgan fingerprint density at radius 2 is 2.07 bits per heavy atom. The molecule has 2 aromatic heterocycles. The summed E-state index contributed by atoms with van der Waals surface area (Å²) in [6.45, 7) is 0. The number of carbonyl (C=O) groups excluding carboxylic acids is 1. The van der Waals surface area contributed by atoms with Gasteiger partial charge in [0.1, 0.15) is 0 Å². The maximum Gasteiger partial charge on any atom is 0.166 e. The number of benzene rings is 1. The normalized spacial score (nSPS) is 10.9. The second kappa shape index (κ2) is 2.92. The summed E-state index contributed by atoms with van der Waals surface area (Å²) in [4.78, 5) is 17.8. The monoisotopic (exact) mass is 196 g/mol. The van der Waals surface area contributed by atoms with Gasteiger partial charge in [-0.2, -0.15) is 0 Å². The SMILES string of the molecule is O=Cc1cc2ccc3cnccc3c2[nH]1. The Labute approximate surface area is 85.8 Å². The minimum absolute atomic E-state index is 0.606. The van der Waals surface area contributed by atoms with Crippen molar-refractivity contribution in [2.45, 2.75) is 0 Å². The number of H-pyrrole nitrogens is 1. The summed E-state index contributed by atoms with van der Waals surface area (Å²) in [5, 5.41) is 3.22. The zero-order valence-corrected chi connectivity index (χ0v) is 7.90. The van der Waals surface area contributed by atoms with Crippen LogP contribution in [0.15, 0.2) is 36.7 Å². The topological polar surface area (TPSA) is 45.8 Å². The maximum absolute atomic E-state index is 10.7. The summed E-state index contributed by atoms with van der Waals surface area (Å²) in [6, 6.07) is 7.79. The van der Waals surface area contributed by atoms with Crippen LogP contribution in [0, 0.1) is 0 Å². The minimum Gasteiger partial charge on any atom is -0.352 e. The first kappa shape index (κ1) is 8.17. The zero-order valence-electron chi connectivity index (χ0n) is 7.90. The number of carbonyl (C=O) groups is 1. The maximum atomic E-state index is 10.7. The Kier molecular flexibility index (Phi) is 1.59. The highest BCUT2D eigenvalue weighted by atomic mass is 16.1. The zero-order chi connectivity index (χ0) is 10.3. The molecule has 15 heavy (non-hydrogen) atoms. The molecule has 0 spiro atoms. The van der Waals surface area contributed by atoms with Crippen molar-refractivity contribution < 1.29 is 4.79 Å². The molecule has 72 valence electrons. The third kappa shape index (κ3) is 1.13. The molecule has 0 bridgehead atoms. The molecule has 3 nitrogen and oxygen atoms in total. The van der Waals surface area contributed by atoms with Crippen LogP contribution < -0.4 is 0 Å². The van der Waals surface area contributed by atoms with Gasteiger partial charge in [0, 0.05) is 28.6 Å². The van der Waals surface area contributed by atoms with Crippen LogP contribution in [0.25, 0.3) is 21.7 Å². The minimum atomic E-state index is 0.606. The summed E-state index contributed by atoms with van der Waals surface area (Å²) in [7, 11) is 0. The molecule has 0 atom stereocenters. The quantitative estimate of drug-likeness (QED) is 0.608. The molecule has 0 saturated carbocycles. The van der Waals surface area contributed by atoms with Gasteiger partial charge in [-0.25, -0.2) is 0 Å². The van der Waals surface area contributed by atoms with Gasteiger partial charge < -0.3 is 4.98 Å². The van der Waals surface area contributed by atoms with Gasteiger partial charge in [0.2, 0.25) is 0 Å². The van der Waals surface area contributed by atoms with E-state index < -0.39 is 0 Å². The van der Waals surface area contributed by atoms with Crippen molar-refractivity contribution in [2.75, 3.05) is 0 Å². The van der Waals surface area contributed by atoms with Crippen molar-refractivity contribution in [3.05, 3.63) is 42.4 Å². The average molecular weight is 196 g/mol. The van der Waals surface area contributed by atoms with E-state index >= 15 is 0 Å². The first-order chi connectivity index (χ1) is 7.38. The Balaban J connectivity index is 2.52. The van der Waals surface area contributed by atoms with Crippen LogP contribution >= 0.6 is 0 Å². The summed E-state index contributed by atoms with van der Waals surface area (Å²) in [6.07, 6.45) is 4.40. The second-order valence-electron chi connectivity index (χ2n) is 3.47. The van der Waals surface area contributed by atoms with E-state index in [2.05, 4.69) is 9.97 Å². The molecule has 1 aromatic carbocycles. The molecule has 3 aromatic rings. The van der Waals surface area contributed by atoms with Crippen LogP contribution in [-0.2, 0) is 0 Å². The predicted octanol–water partition coefficient (Wildman–Crippen LogP) is 2.53. The molecular formula is C12H8N2O. The molecule has 0 fully saturated rings. The van der Waals surface area contributed by atoms with Gasteiger partial charge in [-0.15, -0.1) is 0 Å². The summed E-state index contributed by atoms with van der Waals surface area (Å²) >= 11 is 0. The van der Waals surface area contributed by atoms with E-state index in [1.54, 1.807) is 6.20 Å². The van der Waals surface area contributed by atoms with Crippen molar-refractivity contribution in [2.24, 2.45) is 0 Å². The van der Waals surface area contributed by atoms with E-state index in [0.717, 1.165) is 28.0 Å². The molecule has 0 unspecified atom stereocenters. The van der Waals surface area contributed by atoms with Crippen LogP contribution in [0.5, 0.6) is 0 Å². The van der Waals surface area contributed by atoms with Gasteiger partial charge >= 0.3 is 0 Å². The molecule has 3 heteroatoms. The lowest BCUT2D eigenvalue weighted by molar-refractivity contribution is 0.112. The Hall–Kier alpha value is -2.16. The number of hydrogen-bond acceptors (Lipinski definition) is 2. The number of aldehydes is 1. The number of nitrogens with zero attached hydrogens (tertiary/aromatic N) is 1. The summed E-state index contributed by atoms with van der Waals surface area (Å²) < 4.78 is 0. The number of nitrogens with one attached hydrogen (secondary N) is 1. The van der Waals surface area contributed by atoms with Crippen molar-refractivity contribution in [3.8, 4) is 0 Å². The molecule has 0 aliphatic rings. The lowest BCUT2D eigenvalue weighted by Gasteiger charge is -1.97. The first-order valence-electron chi connectivity index (χ1n) is 4.69. The smallest absolute Gasteiger partial charge is 0.166 e. The van der Waals surface area contributed by atoms with Crippen LogP contribution in [-0.4, -0.2) is 16.3 Å². The van der Waals surface area contributed by atoms with Crippen LogP contribution in [0.3, 0.4) is 0 Å². The van der Waals surface area contributed by atoms with Crippen molar-refractivity contribution in [1.29, 1.82) is 0 Å². The van der Waals surface area contributed by atoms with Crippen molar-refractivity contribution in [3.63, 3.8) is 0 Å².